The van der Waals surface area contributed by atoms with Gasteiger partial charge in [0.05, 0.1) is 0 Å². The molecule has 1 heterocycles. The quantitative estimate of drug-likeness (QED) is 0.822. The first-order valence-electron chi connectivity index (χ1n) is 5.92. The molecule has 1 aliphatic rings. The van der Waals surface area contributed by atoms with Crippen molar-refractivity contribution >= 4 is 18.2 Å². The molecule has 0 aromatic carbocycles. The van der Waals surface area contributed by atoms with Gasteiger partial charge in [0.25, 0.3) is 0 Å². The summed E-state index contributed by atoms with van der Waals surface area (Å²) in [4.78, 5) is 2.24. The van der Waals surface area contributed by atoms with Gasteiger partial charge in [0, 0.05) is 19.1 Å². The Balaban J connectivity index is 2.28. The molecule has 1 atom stereocenters. The molecule has 1 fully saturated rings. The summed E-state index contributed by atoms with van der Waals surface area (Å²) in [5.74, 6) is 1.79. The second-order valence-electron chi connectivity index (χ2n) is 4.98. The zero-order valence-corrected chi connectivity index (χ0v) is 11.2. The molecular formula is C11H20N4S. The molecule has 4 nitrogen and oxygen atoms in total. The van der Waals surface area contributed by atoms with E-state index in [4.69, 9.17) is 12.2 Å². The highest BCUT2D eigenvalue weighted by molar-refractivity contribution is 7.71. The summed E-state index contributed by atoms with van der Waals surface area (Å²) in [5, 5.41) is 7.23. The highest BCUT2D eigenvalue weighted by Gasteiger charge is 2.32. The first-order valence-corrected chi connectivity index (χ1v) is 6.33. The van der Waals surface area contributed by atoms with Crippen molar-refractivity contribution in [3.63, 3.8) is 0 Å². The maximum Gasteiger partial charge on any atom is 0.225 e. The van der Waals surface area contributed by atoms with Gasteiger partial charge in [-0.15, -0.1) is 5.10 Å². The lowest BCUT2D eigenvalue weighted by Gasteiger charge is -2.26. The number of anilines is 1. The molecule has 0 spiro atoms. The summed E-state index contributed by atoms with van der Waals surface area (Å²) in [6, 6.07) is 0.887. The average molecular weight is 240 g/mol. The van der Waals surface area contributed by atoms with Crippen molar-refractivity contribution in [3.05, 3.63) is 4.77 Å². The minimum absolute atomic E-state index is 0.343. The molecule has 5 heteroatoms. The van der Waals surface area contributed by atoms with Crippen molar-refractivity contribution in [2.24, 2.45) is 5.92 Å². The van der Waals surface area contributed by atoms with Crippen LogP contribution in [0.15, 0.2) is 0 Å². The van der Waals surface area contributed by atoms with Gasteiger partial charge < -0.3 is 4.90 Å². The normalized spacial score (nSPS) is 17.8. The summed E-state index contributed by atoms with van der Waals surface area (Å²) in [6.45, 7) is 6.52. The number of hydrogen-bond acceptors (Lipinski definition) is 3. The number of hydrogen-bond donors (Lipinski definition) is 1. The molecular weight excluding hydrogens is 220 g/mol. The van der Waals surface area contributed by atoms with E-state index in [1.807, 2.05) is 0 Å². The lowest BCUT2D eigenvalue weighted by atomic mass is 10.2. The van der Waals surface area contributed by atoms with Crippen molar-refractivity contribution in [2.75, 3.05) is 11.9 Å². The molecule has 1 aromatic heterocycles. The third kappa shape index (κ3) is 2.00. The van der Waals surface area contributed by atoms with Crippen LogP contribution in [-0.2, 0) is 0 Å². The number of rotatable bonds is 4. The molecule has 1 unspecified atom stereocenters. The van der Waals surface area contributed by atoms with E-state index in [1.54, 1.807) is 0 Å². The predicted molar refractivity (Wildman–Crippen MR) is 68.4 cm³/mol. The second kappa shape index (κ2) is 4.20. The molecule has 0 radical (unpaired) electrons. The SMILES string of the molecule is CC(C1CC1)N(C)c1n[nH]c(=S)n1C(C)C. The van der Waals surface area contributed by atoms with E-state index in [1.165, 1.54) is 12.8 Å². The zero-order valence-electron chi connectivity index (χ0n) is 10.4. The summed E-state index contributed by atoms with van der Waals surface area (Å²) in [7, 11) is 2.10. The van der Waals surface area contributed by atoms with Gasteiger partial charge in [-0.25, -0.2) is 5.10 Å². The highest BCUT2D eigenvalue weighted by atomic mass is 32.1. The summed E-state index contributed by atoms with van der Waals surface area (Å²) >= 11 is 5.25. The minimum Gasteiger partial charge on any atom is -0.341 e. The maximum absolute atomic E-state index is 5.25. The topological polar surface area (TPSA) is 36.9 Å². The van der Waals surface area contributed by atoms with Crippen LogP contribution in [0.1, 0.15) is 39.7 Å². The van der Waals surface area contributed by atoms with Crippen LogP contribution in [0.25, 0.3) is 0 Å². The molecule has 16 heavy (non-hydrogen) atoms. The van der Waals surface area contributed by atoms with Gasteiger partial charge in [0.1, 0.15) is 0 Å². The summed E-state index contributed by atoms with van der Waals surface area (Å²) < 4.78 is 2.79. The van der Waals surface area contributed by atoms with Crippen LogP contribution in [0.3, 0.4) is 0 Å². The van der Waals surface area contributed by atoms with E-state index >= 15 is 0 Å². The summed E-state index contributed by atoms with van der Waals surface area (Å²) in [5.41, 5.74) is 0. The Labute approximate surface area is 102 Å². The Kier molecular flexibility index (Phi) is 3.06. The van der Waals surface area contributed by atoms with Gasteiger partial charge in [-0.05, 0) is 51.7 Å². The fourth-order valence-corrected chi connectivity index (χ4v) is 2.43. The van der Waals surface area contributed by atoms with Crippen molar-refractivity contribution in [3.8, 4) is 0 Å². The largest absolute Gasteiger partial charge is 0.341 e. The van der Waals surface area contributed by atoms with Crippen LogP contribution in [0, 0.1) is 10.7 Å². The van der Waals surface area contributed by atoms with Crippen LogP contribution in [0.2, 0.25) is 0 Å². The van der Waals surface area contributed by atoms with Gasteiger partial charge in [-0.3, -0.25) is 4.57 Å². The van der Waals surface area contributed by atoms with E-state index in [9.17, 15) is 0 Å². The van der Waals surface area contributed by atoms with E-state index < -0.39 is 0 Å². The molecule has 0 amide bonds. The second-order valence-corrected chi connectivity index (χ2v) is 5.37. The number of aromatic nitrogens is 3. The van der Waals surface area contributed by atoms with Gasteiger partial charge in [0.15, 0.2) is 4.77 Å². The van der Waals surface area contributed by atoms with Crippen LogP contribution in [0.4, 0.5) is 5.95 Å². The monoisotopic (exact) mass is 240 g/mol. The number of aromatic amines is 1. The smallest absolute Gasteiger partial charge is 0.225 e. The summed E-state index contributed by atoms with van der Waals surface area (Å²) in [6.07, 6.45) is 2.69. The van der Waals surface area contributed by atoms with Crippen molar-refractivity contribution < 1.29 is 0 Å². The number of nitrogens with one attached hydrogen (secondary N) is 1. The fourth-order valence-electron chi connectivity index (χ4n) is 2.09. The number of nitrogens with zero attached hydrogens (tertiary/aromatic N) is 3. The molecule has 1 saturated carbocycles. The van der Waals surface area contributed by atoms with Gasteiger partial charge >= 0.3 is 0 Å². The van der Waals surface area contributed by atoms with E-state index in [-0.39, 0.29) is 0 Å². The van der Waals surface area contributed by atoms with Crippen molar-refractivity contribution in [1.82, 2.24) is 14.8 Å². The molecule has 1 aromatic rings. The Morgan fingerprint density at radius 1 is 1.44 bits per heavy atom. The van der Waals surface area contributed by atoms with Crippen LogP contribution >= 0.6 is 12.2 Å². The third-order valence-electron chi connectivity index (χ3n) is 3.43. The maximum atomic E-state index is 5.25. The van der Waals surface area contributed by atoms with E-state index in [0.717, 1.165) is 11.9 Å². The van der Waals surface area contributed by atoms with Crippen LogP contribution < -0.4 is 4.90 Å². The van der Waals surface area contributed by atoms with E-state index in [0.29, 0.717) is 16.9 Å². The fraction of sp³-hybridized carbons (Fsp3) is 0.818. The third-order valence-corrected chi connectivity index (χ3v) is 3.72. The first kappa shape index (κ1) is 11.6. The lowest BCUT2D eigenvalue weighted by Crippen LogP contribution is -2.33. The molecule has 0 bridgehead atoms. The molecule has 1 aliphatic carbocycles. The molecule has 90 valence electrons. The Bertz CT molecular complexity index is 416. The van der Waals surface area contributed by atoms with Crippen molar-refractivity contribution in [2.45, 2.75) is 45.7 Å². The molecule has 0 saturated heterocycles. The zero-order chi connectivity index (χ0) is 11.9. The average Bonchev–Trinajstić information content (AvgIpc) is 2.99. The van der Waals surface area contributed by atoms with Crippen LogP contribution in [0.5, 0.6) is 0 Å². The minimum atomic E-state index is 0.343. The highest BCUT2D eigenvalue weighted by Crippen LogP contribution is 2.36. The van der Waals surface area contributed by atoms with Gasteiger partial charge in [-0.1, -0.05) is 0 Å². The van der Waals surface area contributed by atoms with Crippen LogP contribution in [-0.4, -0.2) is 27.9 Å². The Morgan fingerprint density at radius 3 is 2.56 bits per heavy atom. The Morgan fingerprint density at radius 2 is 2.06 bits per heavy atom. The standard InChI is InChI=1S/C11H20N4S/c1-7(2)15-10(12-13-11(15)16)14(4)8(3)9-5-6-9/h7-9H,5-6H2,1-4H3,(H,13,16). The first-order chi connectivity index (χ1) is 7.52. The van der Waals surface area contributed by atoms with Gasteiger partial charge in [0.2, 0.25) is 5.95 Å². The number of H-pyrrole nitrogens is 1. The predicted octanol–water partition coefficient (Wildman–Crippen LogP) is 2.76. The lowest BCUT2D eigenvalue weighted by molar-refractivity contribution is 0.545. The van der Waals surface area contributed by atoms with E-state index in [2.05, 4.69) is 47.5 Å². The molecule has 2 rings (SSSR count). The van der Waals surface area contributed by atoms with Gasteiger partial charge in [-0.2, -0.15) is 0 Å². The van der Waals surface area contributed by atoms with Crippen molar-refractivity contribution in [1.29, 1.82) is 0 Å². The molecule has 0 aliphatic heterocycles. The molecule has 1 N–H and O–H groups in total. The Hall–Kier alpha value is -0.840.